The number of hydrogen-bond acceptors (Lipinski definition) is 3. The van der Waals surface area contributed by atoms with Gasteiger partial charge in [0.1, 0.15) is 0 Å². The molecule has 2 N–H and O–H groups in total. The van der Waals surface area contributed by atoms with Crippen LogP contribution < -0.4 is 0 Å². The van der Waals surface area contributed by atoms with Crippen LogP contribution in [-0.2, 0) is 9.59 Å². The van der Waals surface area contributed by atoms with Gasteiger partial charge in [-0.25, -0.2) is 0 Å². The van der Waals surface area contributed by atoms with E-state index in [2.05, 4.69) is 0 Å². The van der Waals surface area contributed by atoms with Crippen LogP contribution >= 0.6 is 0 Å². The summed E-state index contributed by atoms with van der Waals surface area (Å²) < 4.78 is 0. The summed E-state index contributed by atoms with van der Waals surface area (Å²) in [6.45, 7) is 0.370. The molecule has 2 atom stereocenters. The molecular weight excluding hydrogens is 270 g/mol. The van der Waals surface area contributed by atoms with Crippen LogP contribution in [0.5, 0.6) is 0 Å². The first-order chi connectivity index (χ1) is 10.1. The zero-order valence-corrected chi connectivity index (χ0v) is 12.7. The third-order valence-electron chi connectivity index (χ3n) is 5.01. The zero-order chi connectivity index (χ0) is 15.2. The molecule has 0 aromatic carbocycles. The Balaban J connectivity index is 2.01. The first-order valence-corrected chi connectivity index (χ1v) is 8.27. The molecule has 0 aromatic heterocycles. The van der Waals surface area contributed by atoms with E-state index < -0.39 is 5.97 Å². The van der Waals surface area contributed by atoms with Gasteiger partial charge in [0.15, 0.2) is 0 Å². The van der Waals surface area contributed by atoms with Crippen molar-refractivity contribution in [2.45, 2.75) is 63.8 Å². The van der Waals surface area contributed by atoms with Gasteiger partial charge in [-0.3, -0.25) is 9.59 Å². The third-order valence-corrected chi connectivity index (χ3v) is 5.01. The predicted molar refractivity (Wildman–Crippen MR) is 78.8 cm³/mol. The molecule has 0 radical (unpaired) electrons. The molecule has 0 spiro atoms. The number of carboxylic acids is 1. The van der Waals surface area contributed by atoms with Crippen molar-refractivity contribution in [3.05, 3.63) is 0 Å². The van der Waals surface area contributed by atoms with Crippen LogP contribution in [0.3, 0.4) is 0 Å². The molecule has 2 rings (SSSR count). The number of aliphatic carboxylic acids is 1. The Morgan fingerprint density at radius 2 is 1.62 bits per heavy atom. The van der Waals surface area contributed by atoms with E-state index in [-0.39, 0.29) is 30.4 Å². The van der Waals surface area contributed by atoms with E-state index in [1.807, 2.05) is 4.90 Å². The van der Waals surface area contributed by atoms with Gasteiger partial charge < -0.3 is 15.1 Å². The van der Waals surface area contributed by atoms with Crippen LogP contribution in [0.15, 0.2) is 0 Å². The summed E-state index contributed by atoms with van der Waals surface area (Å²) in [7, 11) is 0. The molecule has 0 aromatic rings. The van der Waals surface area contributed by atoms with Crippen molar-refractivity contribution in [2.24, 2.45) is 11.8 Å². The molecule has 5 heteroatoms. The Labute approximate surface area is 126 Å². The second-order valence-electron chi connectivity index (χ2n) is 6.45. The highest BCUT2D eigenvalue weighted by molar-refractivity contribution is 5.80. The second-order valence-corrected chi connectivity index (χ2v) is 6.45. The summed E-state index contributed by atoms with van der Waals surface area (Å²) in [5, 5.41) is 18.4. The summed E-state index contributed by atoms with van der Waals surface area (Å²) in [6.07, 6.45) is 8.28. The number of carboxylic acid groups (broad SMARTS) is 1. The standard InChI is InChI=1S/C16H27NO4/c18-10-9-17(14-7-2-1-3-8-14)15(19)12-5-4-6-13(11-12)16(20)21/h12-14,18H,1-11H2,(H,20,21). The molecule has 1 amide bonds. The monoisotopic (exact) mass is 297 g/mol. The lowest BCUT2D eigenvalue weighted by molar-refractivity contribution is -0.146. The molecule has 0 saturated heterocycles. The largest absolute Gasteiger partial charge is 0.481 e. The summed E-state index contributed by atoms with van der Waals surface area (Å²) in [6, 6.07) is 0.239. The van der Waals surface area contributed by atoms with Gasteiger partial charge in [0, 0.05) is 18.5 Å². The van der Waals surface area contributed by atoms with E-state index in [1.54, 1.807) is 0 Å². The summed E-state index contributed by atoms with van der Waals surface area (Å²) in [5.74, 6) is -1.26. The van der Waals surface area contributed by atoms with Gasteiger partial charge in [-0.05, 0) is 32.1 Å². The van der Waals surface area contributed by atoms with Gasteiger partial charge in [0.05, 0.1) is 12.5 Å². The Morgan fingerprint density at radius 1 is 0.952 bits per heavy atom. The second kappa shape index (κ2) is 7.78. The normalized spacial score (nSPS) is 27.3. The summed E-state index contributed by atoms with van der Waals surface area (Å²) in [4.78, 5) is 25.8. The van der Waals surface area contributed by atoms with Crippen LogP contribution in [0, 0.1) is 11.8 Å². The molecule has 21 heavy (non-hydrogen) atoms. The summed E-state index contributed by atoms with van der Waals surface area (Å²) in [5.41, 5.74) is 0. The number of rotatable bonds is 5. The number of aliphatic hydroxyl groups is 1. The van der Waals surface area contributed by atoms with Crippen LogP contribution in [-0.4, -0.2) is 46.2 Å². The highest BCUT2D eigenvalue weighted by atomic mass is 16.4. The van der Waals surface area contributed by atoms with Crippen molar-refractivity contribution in [3.63, 3.8) is 0 Å². The van der Waals surface area contributed by atoms with E-state index in [1.165, 1.54) is 6.42 Å². The minimum Gasteiger partial charge on any atom is -0.481 e. The van der Waals surface area contributed by atoms with Crippen molar-refractivity contribution < 1.29 is 19.8 Å². The van der Waals surface area contributed by atoms with E-state index in [9.17, 15) is 14.7 Å². The molecular formula is C16H27NO4. The smallest absolute Gasteiger partial charge is 0.306 e. The molecule has 120 valence electrons. The number of aliphatic hydroxyl groups excluding tert-OH is 1. The van der Waals surface area contributed by atoms with E-state index in [0.717, 1.165) is 38.5 Å². The summed E-state index contributed by atoms with van der Waals surface area (Å²) >= 11 is 0. The van der Waals surface area contributed by atoms with E-state index in [0.29, 0.717) is 19.4 Å². The lowest BCUT2D eigenvalue weighted by Gasteiger charge is -2.37. The molecule has 2 fully saturated rings. The average Bonchev–Trinajstić information content (AvgIpc) is 2.53. The Morgan fingerprint density at radius 3 is 2.24 bits per heavy atom. The van der Waals surface area contributed by atoms with Crippen LogP contribution in [0.1, 0.15) is 57.8 Å². The Hall–Kier alpha value is -1.10. The van der Waals surface area contributed by atoms with Gasteiger partial charge in [-0.15, -0.1) is 0 Å². The topological polar surface area (TPSA) is 77.8 Å². The van der Waals surface area contributed by atoms with E-state index in [4.69, 9.17) is 5.11 Å². The maximum absolute atomic E-state index is 12.8. The average molecular weight is 297 g/mol. The molecule has 0 aliphatic heterocycles. The fourth-order valence-electron chi connectivity index (χ4n) is 3.85. The number of carbonyl (C=O) groups is 2. The molecule has 0 bridgehead atoms. The number of hydrogen-bond donors (Lipinski definition) is 2. The van der Waals surface area contributed by atoms with Crippen molar-refractivity contribution >= 4 is 11.9 Å². The van der Waals surface area contributed by atoms with Gasteiger partial charge in [0.25, 0.3) is 0 Å². The SMILES string of the molecule is O=C(O)C1CCCC(C(=O)N(CCO)C2CCCCC2)C1. The van der Waals surface area contributed by atoms with Gasteiger partial charge in [0.2, 0.25) is 5.91 Å². The minimum atomic E-state index is -0.779. The predicted octanol–water partition coefficient (Wildman–Crippen LogP) is 2.03. The van der Waals surface area contributed by atoms with Gasteiger partial charge in [-0.1, -0.05) is 25.7 Å². The van der Waals surface area contributed by atoms with Crippen molar-refractivity contribution in [1.29, 1.82) is 0 Å². The first kappa shape index (κ1) is 16.3. The third kappa shape index (κ3) is 4.19. The number of amides is 1. The maximum atomic E-state index is 12.8. The first-order valence-electron chi connectivity index (χ1n) is 8.27. The molecule has 2 aliphatic rings. The Kier molecular flexibility index (Phi) is 6.03. The lowest BCUT2D eigenvalue weighted by Crippen LogP contribution is -2.47. The highest BCUT2D eigenvalue weighted by Gasteiger charge is 2.35. The van der Waals surface area contributed by atoms with Gasteiger partial charge >= 0.3 is 5.97 Å². The number of nitrogens with zero attached hydrogens (tertiary/aromatic N) is 1. The van der Waals surface area contributed by atoms with Crippen LogP contribution in [0.2, 0.25) is 0 Å². The van der Waals surface area contributed by atoms with Crippen molar-refractivity contribution in [1.82, 2.24) is 4.90 Å². The highest BCUT2D eigenvalue weighted by Crippen LogP contribution is 2.32. The lowest BCUT2D eigenvalue weighted by atomic mass is 9.80. The molecule has 2 saturated carbocycles. The van der Waals surface area contributed by atoms with Crippen LogP contribution in [0.25, 0.3) is 0 Å². The zero-order valence-electron chi connectivity index (χ0n) is 12.7. The molecule has 2 unspecified atom stereocenters. The quantitative estimate of drug-likeness (QED) is 0.814. The van der Waals surface area contributed by atoms with Gasteiger partial charge in [-0.2, -0.15) is 0 Å². The molecule has 2 aliphatic carbocycles. The minimum absolute atomic E-state index is 0.0165. The number of carbonyl (C=O) groups excluding carboxylic acids is 1. The maximum Gasteiger partial charge on any atom is 0.306 e. The van der Waals surface area contributed by atoms with Crippen molar-refractivity contribution in [2.75, 3.05) is 13.2 Å². The van der Waals surface area contributed by atoms with E-state index >= 15 is 0 Å². The fourth-order valence-corrected chi connectivity index (χ4v) is 3.85. The molecule has 5 nitrogen and oxygen atoms in total. The van der Waals surface area contributed by atoms with Crippen LogP contribution in [0.4, 0.5) is 0 Å². The van der Waals surface area contributed by atoms with Crippen molar-refractivity contribution in [3.8, 4) is 0 Å². The molecule has 0 heterocycles. The fraction of sp³-hybridized carbons (Fsp3) is 0.875. The Bertz CT molecular complexity index is 365.